The van der Waals surface area contributed by atoms with Crippen LogP contribution in [0.15, 0.2) is 12.3 Å². The van der Waals surface area contributed by atoms with Crippen LogP contribution in [0.1, 0.15) is 25.7 Å². The summed E-state index contributed by atoms with van der Waals surface area (Å²) in [5.41, 5.74) is 0. The van der Waals surface area contributed by atoms with Gasteiger partial charge in [-0.05, 0) is 31.7 Å². The van der Waals surface area contributed by atoms with Crippen LogP contribution in [-0.4, -0.2) is 53.0 Å². The normalized spacial score (nSPS) is 24.2. The zero-order chi connectivity index (χ0) is 18.0. The number of piperazine rings is 1. The summed E-state index contributed by atoms with van der Waals surface area (Å²) < 4.78 is 0. The average Bonchev–Trinajstić information content (AvgIpc) is 2.61. The van der Waals surface area contributed by atoms with E-state index in [1.54, 1.807) is 12.3 Å². The number of hydrogen-bond donors (Lipinski definition) is 1. The van der Waals surface area contributed by atoms with Crippen LogP contribution in [0.5, 0.6) is 0 Å². The molecule has 2 aliphatic rings. The second-order valence-corrected chi connectivity index (χ2v) is 7.50. The Hall–Kier alpha value is -1.53. The van der Waals surface area contributed by atoms with Gasteiger partial charge in [0.15, 0.2) is 0 Å². The Labute approximate surface area is 156 Å². The van der Waals surface area contributed by atoms with Crippen molar-refractivity contribution in [3.8, 4) is 0 Å². The fourth-order valence-electron chi connectivity index (χ4n) is 3.62. The number of carbonyl (C=O) groups excluding carboxylic acids is 1. The third kappa shape index (κ3) is 4.18. The van der Waals surface area contributed by atoms with Gasteiger partial charge >= 0.3 is 5.97 Å². The van der Waals surface area contributed by atoms with E-state index in [1.807, 2.05) is 4.90 Å². The Bertz CT molecular complexity index is 655. The van der Waals surface area contributed by atoms with Crippen molar-refractivity contribution >= 4 is 40.9 Å². The number of aromatic nitrogens is 1. The van der Waals surface area contributed by atoms with E-state index in [2.05, 4.69) is 9.88 Å². The number of rotatable bonds is 3. The summed E-state index contributed by atoms with van der Waals surface area (Å²) in [5.74, 6) is -0.232. The first kappa shape index (κ1) is 18.3. The molecule has 0 radical (unpaired) electrons. The van der Waals surface area contributed by atoms with E-state index in [1.165, 1.54) is 0 Å². The molecule has 136 valence electrons. The lowest BCUT2D eigenvalue weighted by molar-refractivity contribution is -0.145. The van der Waals surface area contributed by atoms with Crippen molar-refractivity contribution in [2.24, 2.45) is 11.8 Å². The highest BCUT2D eigenvalue weighted by Crippen LogP contribution is 2.31. The molecule has 1 saturated carbocycles. The van der Waals surface area contributed by atoms with Crippen molar-refractivity contribution in [2.75, 3.05) is 31.1 Å². The van der Waals surface area contributed by atoms with Gasteiger partial charge in [-0.2, -0.15) is 0 Å². The Kier molecular flexibility index (Phi) is 5.69. The minimum atomic E-state index is -0.744. The molecule has 1 amide bonds. The zero-order valence-corrected chi connectivity index (χ0v) is 15.3. The zero-order valence-electron chi connectivity index (χ0n) is 13.8. The lowest BCUT2D eigenvalue weighted by Gasteiger charge is -2.38. The highest BCUT2D eigenvalue weighted by molar-refractivity contribution is 6.36. The molecule has 3 rings (SSSR count). The molecule has 0 unspecified atom stereocenters. The van der Waals surface area contributed by atoms with Crippen LogP contribution in [0.2, 0.25) is 10.0 Å². The van der Waals surface area contributed by atoms with Gasteiger partial charge in [0, 0.05) is 38.3 Å². The number of nitrogens with zero attached hydrogens (tertiary/aromatic N) is 3. The van der Waals surface area contributed by atoms with Crippen LogP contribution >= 0.6 is 23.2 Å². The van der Waals surface area contributed by atoms with Crippen LogP contribution < -0.4 is 4.90 Å². The maximum Gasteiger partial charge on any atom is 0.306 e. The second-order valence-electron chi connectivity index (χ2n) is 6.66. The molecular weight excluding hydrogens is 365 g/mol. The van der Waals surface area contributed by atoms with Gasteiger partial charge in [0.05, 0.1) is 16.0 Å². The number of carboxylic acids is 1. The first-order valence-corrected chi connectivity index (χ1v) is 9.29. The Morgan fingerprint density at radius 1 is 1.04 bits per heavy atom. The SMILES string of the molecule is O=C(O)C1CCC(C(=O)N2CCN(c3ncc(Cl)cc3Cl)CC2)CC1. The molecular formula is C17H21Cl2N3O3. The maximum absolute atomic E-state index is 12.7. The fraction of sp³-hybridized carbons (Fsp3) is 0.588. The van der Waals surface area contributed by atoms with Crippen LogP contribution in [0.3, 0.4) is 0 Å². The van der Waals surface area contributed by atoms with Crippen molar-refractivity contribution in [2.45, 2.75) is 25.7 Å². The van der Waals surface area contributed by atoms with Crippen molar-refractivity contribution in [1.82, 2.24) is 9.88 Å². The van der Waals surface area contributed by atoms with Gasteiger partial charge < -0.3 is 14.9 Å². The van der Waals surface area contributed by atoms with E-state index in [0.29, 0.717) is 67.7 Å². The minimum absolute atomic E-state index is 0.0422. The largest absolute Gasteiger partial charge is 0.481 e. The van der Waals surface area contributed by atoms with Crippen LogP contribution in [0.25, 0.3) is 0 Å². The Morgan fingerprint density at radius 3 is 2.20 bits per heavy atom. The molecule has 0 atom stereocenters. The van der Waals surface area contributed by atoms with Crippen molar-refractivity contribution < 1.29 is 14.7 Å². The number of pyridine rings is 1. The summed E-state index contributed by atoms with van der Waals surface area (Å²) in [6.45, 7) is 2.59. The van der Waals surface area contributed by atoms with Gasteiger partial charge in [-0.3, -0.25) is 9.59 Å². The summed E-state index contributed by atoms with van der Waals surface area (Å²) in [7, 11) is 0. The van der Waals surface area contributed by atoms with Gasteiger partial charge in [0.25, 0.3) is 0 Å². The molecule has 8 heteroatoms. The summed E-state index contributed by atoms with van der Waals surface area (Å²) in [4.78, 5) is 31.9. The highest BCUT2D eigenvalue weighted by Gasteiger charge is 2.33. The van der Waals surface area contributed by atoms with E-state index in [-0.39, 0.29) is 17.7 Å². The number of carbonyl (C=O) groups is 2. The lowest BCUT2D eigenvalue weighted by atomic mass is 9.81. The van der Waals surface area contributed by atoms with Crippen LogP contribution in [0.4, 0.5) is 5.82 Å². The van der Waals surface area contributed by atoms with E-state index < -0.39 is 5.97 Å². The summed E-state index contributed by atoms with van der Waals surface area (Å²) in [5, 5.41) is 10.1. The number of halogens is 2. The smallest absolute Gasteiger partial charge is 0.306 e. The Morgan fingerprint density at radius 2 is 1.64 bits per heavy atom. The highest BCUT2D eigenvalue weighted by atomic mass is 35.5. The summed E-state index contributed by atoms with van der Waals surface area (Å²) in [6.07, 6.45) is 4.09. The molecule has 0 aromatic carbocycles. The Balaban J connectivity index is 1.54. The van der Waals surface area contributed by atoms with Crippen molar-refractivity contribution in [3.63, 3.8) is 0 Å². The molecule has 6 nitrogen and oxygen atoms in total. The van der Waals surface area contributed by atoms with E-state index in [0.717, 1.165) is 0 Å². The molecule has 2 fully saturated rings. The van der Waals surface area contributed by atoms with Gasteiger partial charge in [-0.25, -0.2) is 4.98 Å². The van der Waals surface area contributed by atoms with Gasteiger partial charge in [-0.1, -0.05) is 23.2 Å². The van der Waals surface area contributed by atoms with E-state index in [4.69, 9.17) is 28.3 Å². The lowest BCUT2D eigenvalue weighted by Crippen LogP contribution is -2.51. The van der Waals surface area contributed by atoms with Gasteiger partial charge in [0.1, 0.15) is 5.82 Å². The maximum atomic E-state index is 12.7. The minimum Gasteiger partial charge on any atom is -0.481 e. The molecule has 1 aromatic heterocycles. The standard InChI is InChI=1S/C17H21Cl2N3O3/c18-13-9-14(19)15(20-10-13)21-5-7-22(8-6-21)16(23)11-1-3-12(4-2-11)17(24)25/h9-12H,1-8H2,(H,24,25). The number of anilines is 1. The molecule has 0 spiro atoms. The average molecular weight is 386 g/mol. The molecule has 2 heterocycles. The van der Waals surface area contributed by atoms with Gasteiger partial charge in [-0.15, -0.1) is 0 Å². The van der Waals surface area contributed by atoms with Crippen molar-refractivity contribution in [1.29, 1.82) is 0 Å². The van der Waals surface area contributed by atoms with Crippen LogP contribution in [-0.2, 0) is 9.59 Å². The molecule has 1 N–H and O–H groups in total. The third-order valence-corrected chi connectivity index (χ3v) is 5.59. The fourth-order valence-corrected chi connectivity index (χ4v) is 4.12. The number of amides is 1. The first-order valence-electron chi connectivity index (χ1n) is 8.53. The number of aliphatic carboxylic acids is 1. The topological polar surface area (TPSA) is 73.7 Å². The monoisotopic (exact) mass is 385 g/mol. The predicted octanol–water partition coefficient (Wildman–Crippen LogP) is 2.93. The summed E-state index contributed by atoms with van der Waals surface area (Å²) in [6, 6.07) is 1.67. The predicted molar refractivity (Wildman–Crippen MR) is 96.1 cm³/mol. The van der Waals surface area contributed by atoms with Crippen molar-refractivity contribution in [3.05, 3.63) is 22.3 Å². The molecule has 0 bridgehead atoms. The third-order valence-electron chi connectivity index (χ3n) is 5.10. The molecule has 25 heavy (non-hydrogen) atoms. The van der Waals surface area contributed by atoms with E-state index >= 15 is 0 Å². The second kappa shape index (κ2) is 7.79. The molecule has 1 aromatic rings. The van der Waals surface area contributed by atoms with E-state index in [9.17, 15) is 9.59 Å². The van der Waals surface area contributed by atoms with Gasteiger partial charge in [0.2, 0.25) is 5.91 Å². The van der Waals surface area contributed by atoms with Crippen LogP contribution in [0, 0.1) is 11.8 Å². The molecule has 1 aliphatic heterocycles. The molecule has 1 saturated heterocycles. The number of carboxylic acid groups (broad SMARTS) is 1. The summed E-state index contributed by atoms with van der Waals surface area (Å²) >= 11 is 12.1. The number of hydrogen-bond acceptors (Lipinski definition) is 4. The molecule has 1 aliphatic carbocycles. The quantitative estimate of drug-likeness (QED) is 0.865. The first-order chi connectivity index (χ1) is 12.0.